The van der Waals surface area contributed by atoms with E-state index >= 15 is 0 Å². The summed E-state index contributed by atoms with van der Waals surface area (Å²) >= 11 is 0. The van der Waals surface area contributed by atoms with Gasteiger partial charge in [0.15, 0.2) is 0 Å². The first kappa shape index (κ1) is 22.3. The van der Waals surface area contributed by atoms with Crippen LogP contribution in [0.5, 0.6) is 0 Å². The topological polar surface area (TPSA) is 65.2 Å². The fourth-order valence-corrected chi connectivity index (χ4v) is 4.58. The van der Waals surface area contributed by atoms with Crippen molar-refractivity contribution in [3.05, 3.63) is 81.1 Å². The number of aromatic amines is 1. The number of nitrogens with zero attached hydrogens (tertiary/aromatic N) is 1. The number of rotatable bonds is 7. The summed E-state index contributed by atoms with van der Waals surface area (Å²) in [6.07, 6.45) is 6.01. The molecule has 1 aromatic heterocycles. The van der Waals surface area contributed by atoms with Crippen molar-refractivity contribution in [2.24, 2.45) is 0 Å². The Balaban J connectivity index is 1.56. The van der Waals surface area contributed by atoms with Crippen LogP contribution >= 0.6 is 0 Å². The van der Waals surface area contributed by atoms with Crippen LogP contribution in [-0.4, -0.2) is 28.4 Å². The first-order chi connectivity index (χ1) is 15.5. The number of pyridine rings is 1. The molecule has 5 heteroatoms. The Morgan fingerprint density at radius 2 is 1.78 bits per heavy atom. The molecule has 1 amide bonds. The van der Waals surface area contributed by atoms with Crippen molar-refractivity contribution >= 4 is 16.8 Å². The molecule has 32 heavy (non-hydrogen) atoms. The lowest BCUT2D eigenvalue weighted by molar-refractivity contribution is -0.131. The summed E-state index contributed by atoms with van der Waals surface area (Å²) in [5.74, 6) is 0.0269. The lowest BCUT2D eigenvalue weighted by Crippen LogP contribution is -2.42. The Kier molecular flexibility index (Phi) is 7.05. The highest BCUT2D eigenvalue weighted by Gasteiger charge is 2.19. The van der Waals surface area contributed by atoms with E-state index in [9.17, 15) is 9.59 Å². The number of nitrogens with one attached hydrogen (secondary N) is 2. The zero-order valence-corrected chi connectivity index (χ0v) is 19.1. The quantitative estimate of drug-likeness (QED) is 0.575. The van der Waals surface area contributed by atoms with Gasteiger partial charge < -0.3 is 15.2 Å². The molecule has 0 bridgehead atoms. The molecule has 2 N–H and O–H groups in total. The van der Waals surface area contributed by atoms with E-state index in [1.807, 2.05) is 56.3 Å². The van der Waals surface area contributed by atoms with Crippen molar-refractivity contribution < 1.29 is 4.79 Å². The smallest absolute Gasteiger partial charge is 0.253 e. The maximum absolute atomic E-state index is 13.2. The molecular weight excluding hydrogens is 398 g/mol. The van der Waals surface area contributed by atoms with Gasteiger partial charge in [-0.05, 0) is 54.8 Å². The van der Waals surface area contributed by atoms with E-state index in [-0.39, 0.29) is 18.0 Å². The molecule has 0 radical (unpaired) electrons. The maximum Gasteiger partial charge on any atom is 0.253 e. The zero-order chi connectivity index (χ0) is 22.5. The lowest BCUT2D eigenvalue weighted by atomic mass is 9.95. The Bertz CT molecular complexity index is 1130. The Morgan fingerprint density at radius 1 is 1.03 bits per heavy atom. The maximum atomic E-state index is 13.2. The molecule has 0 spiro atoms. The van der Waals surface area contributed by atoms with Crippen molar-refractivity contribution in [1.82, 2.24) is 15.2 Å². The van der Waals surface area contributed by atoms with E-state index in [1.165, 1.54) is 19.3 Å². The van der Waals surface area contributed by atoms with Crippen LogP contribution in [0.3, 0.4) is 0 Å². The molecule has 5 nitrogen and oxygen atoms in total. The second kappa shape index (κ2) is 10.1. The molecule has 168 valence electrons. The molecular formula is C27H33N3O2. The van der Waals surface area contributed by atoms with Crippen LogP contribution in [-0.2, 0) is 17.9 Å². The van der Waals surface area contributed by atoms with Gasteiger partial charge >= 0.3 is 0 Å². The number of hydrogen-bond acceptors (Lipinski definition) is 3. The molecule has 1 aliphatic carbocycles. The number of amides is 1. The van der Waals surface area contributed by atoms with Gasteiger partial charge in [0, 0.05) is 18.2 Å². The van der Waals surface area contributed by atoms with Crippen LogP contribution in [0.4, 0.5) is 0 Å². The summed E-state index contributed by atoms with van der Waals surface area (Å²) in [5.41, 5.74) is 4.65. The van der Waals surface area contributed by atoms with Crippen molar-refractivity contribution in [2.45, 2.75) is 65.1 Å². The van der Waals surface area contributed by atoms with Crippen LogP contribution in [0.2, 0.25) is 0 Å². The van der Waals surface area contributed by atoms with Gasteiger partial charge in [0.1, 0.15) is 0 Å². The summed E-state index contributed by atoms with van der Waals surface area (Å²) in [5, 5.41) is 4.45. The molecule has 0 aliphatic heterocycles. The van der Waals surface area contributed by atoms with Crippen LogP contribution in [0.15, 0.2) is 53.3 Å². The molecule has 1 fully saturated rings. The number of aromatic nitrogens is 1. The number of carbonyl (C=O) groups excluding carboxylic acids is 1. The van der Waals surface area contributed by atoms with Gasteiger partial charge in [0.25, 0.3) is 5.56 Å². The minimum atomic E-state index is -0.127. The second-order valence-electron chi connectivity index (χ2n) is 9.05. The standard InChI is InChI=1S/C27H33N3O2/c1-19-13-14-22-15-23(27(32)29-26(22)20(19)2)18-30(17-21-9-5-3-6-10-21)25(31)16-28-24-11-7-4-8-12-24/h3,5-6,9-10,13-15,24,28H,4,7-8,11-12,16-18H2,1-2H3,(H,29,32). The average molecular weight is 432 g/mol. The fraction of sp³-hybridized carbons (Fsp3) is 0.407. The van der Waals surface area contributed by atoms with Gasteiger partial charge in [-0.1, -0.05) is 61.7 Å². The summed E-state index contributed by atoms with van der Waals surface area (Å²) < 4.78 is 0. The Hall–Kier alpha value is -2.92. The third-order valence-electron chi connectivity index (χ3n) is 6.71. The van der Waals surface area contributed by atoms with Crippen LogP contribution in [0.25, 0.3) is 10.9 Å². The molecule has 0 saturated heterocycles. The van der Waals surface area contributed by atoms with E-state index in [4.69, 9.17) is 0 Å². The summed E-state index contributed by atoms with van der Waals surface area (Å²) in [6, 6.07) is 16.4. The molecule has 0 atom stereocenters. The highest BCUT2D eigenvalue weighted by Crippen LogP contribution is 2.20. The first-order valence-corrected chi connectivity index (χ1v) is 11.7. The SMILES string of the molecule is Cc1ccc2cc(CN(Cc3ccccc3)C(=O)CNC3CCCCC3)c(=O)[nH]c2c1C. The zero-order valence-electron chi connectivity index (χ0n) is 19.1. The molecule has 2 aromatic carbocycles. The lowest BCUT2D eigenvalue weighted by Gasteiger charge is -2.26. The van der Waals surface area contributed by atoms with E-state index < -0.39 is 0 Å². The van der Waals surface area contributed by atoms with Gasteiger partial charge in [0.05, 0.1) is 18.6 Å². The highest BCUT2D eigenvalue weighted by molar-refractivity contribution is 5.83. The van der Waals surface area contributed by atoms with E-state index in [0.29, 0.717) is 24.7 Å². The van der Waals surface area contributed by atoms with E-state index in [1.54, 1.807) is 4.90 Å². The summed E-state index contributed by atoms with van der Waals surface area (Å²) in [4.78, 5) is 31.0. The minimum absolute atomic E-state index is 0.0269. The first-order valence-electron chi connectivity index (χ1n) is 11.7. The normalized spacial score (nSPS) is 14.6. The van der Waals surface area contributed by atoms with E-state index in [0.717, 1.165) is 40.4 Å². The van der Waals surface area contributed by atoms with Gasteiger partial charge in [-0.25, -0.2) is 0 Å². The van der Waals surface area contributed by atoms with Crippen LogP contribution in [0.1, 0.15) is 54.4 Å². The Labute approximate surface area is 189 Å². The van der Waals surface area contributed by atoms with Crippen molar-refractivity contribution in [3.8, 4) is 0 Å². The number of fused-ring (bicyclic) bond motifs is 1. The predicted octanol–water partition coefficient (Wildman–Crippen LogP) is 4.60. The molecule has 1 heterocycles. The van der Waals surface area contributed by atoms with Gasteiger partial charge in [-0.3, -0.25) is 9.59 Å². The largest absolute Gasteiger partial charge is 0.333 e. The van der Waals surface area contributed by atoms with Crippen molar-refractivity contribution in [1.29, 1.82) is 0 Å². The van der Waals surface area contributed by atoms with Gasteiger partial charge in [0.2, 0.25) is 5.91 Å². The van der Waals surface area contributed by atoms with Crippen LogP contribution < -0.4 is 10.9 Å². The molecule has 3 aromatic rings. The number of hydrogen-bond donors (Lipinski definition) is 2. The minimum Gasteiger partial charge on any atom is -0.333 e. The number of carbonyl (C=O) groups is 1. The number of benzene rings is 2. The van der Waals surface area contributed by atoms with Crippen molar-refractivity contribution in [3.63, 3.8) is 0 Å². The third kappa shape index (κ3) is 5.28. The molecule has 4 rings (SSSR count). The number of aryl methyl sites for hydroxylation is 2. The average Bonchev–Trinajstić information content (AvgIpc) is 2.82. The summed E-state index contributed by atoms with van der Waals surface area (Å²) in [6.45, 7) is 5.14. The highest BCUT2D eigenvalue weighted by atomic mass is 16.2. The predicted molar refractivity (Wildman–Crippen MR) is 130 cm³/mol. The Morgan fingerprint density at radius 3 is 2.53 bits per heavy atom. The van der Waals surface area contributed by atoms with Gasteiger partial charge in [-0.15, -0.1) is 0 Å². The third-order valence-corrected chi connectivity index (χ3v) is 6.71. The van der Waals surface area contributed by atoms with Gasteiger partial charge in [-0.2, -0.15) is 0 Å². The van der Waals surface area contributed by atoms with Crippen molar-refractivity contribution in [2.75, 3.05) is 6.54 Å². The number of H-pyrrole nitrogens is 1. The molecule has 1 aliphatic rings. The second-order valence-corrected chi connectivity index (χ2v) is 9.05. The monoisotopic (exact) mass is 431 g/mol. The molecule has 0 unspecified atom stereocenters. The molecule has 1 saturated carbocycles. The summed E-state index contributed by atoms with van der Waals surface area (Å²) in [7, 11) is 0. The fourth-order valence-electron chi connectivity index (χ4n) is 4.58. The van der Waals surface area contributed by atoms with Crippen LogP contribution in [0, 0.1) is 13.8 Å². The van der Waals surface area contributed by atoms with E-state index in [2.05, 4.69) is 16.4 Å².